The van der Waals surface area contributed by atoms with Gasteiger partial charge in [0.05, 0.1) is 12.7 Å². The van der Waals surface area contributed by atoms with Crippen LogP contribution < -0.4 is 4.74 Å². The average molecular weight is 529 g/mol. The van der Waals surface area contributed by atoms with Crippen molar-refractivity contribution in [2.45, 2.75) is 70.2 Å². The second kappa shape index (κ2) is 11.5. The average Bonchev–Trinajstić information content (AvgIpc) is 3.77. The molecule has 0 bridgehead atoms. The number of hydrogen-bond acceptors (Lipinski definition) is 3. The van der Waals surface area contributed by atoms with Crippen LogP contribution in [-0.2, 0) is 11.3 Å². The first-order valence-corrected chi connectivity index (χ1v) is 13.3. The lowest BCUT2D eigenvalue weighted by atomic mass is 9.75. The molecule has 0 amide bonds. The van der Waals surface area contributed by atoms with Crippen LogP contribution >= 0.6 is 0 Å². The van der Waals surface area contributed by atoms with Crippen LogP contribution in [0.2, 0.25) is 0 Å². The molecule has 2 fully saturated rings. The quantitative estimate of drug-likeness (QED) is 0.226. The van der Waals surface area contributed by atoms with Crippen molar-refractivity contribution in [3.05, 3.63) is 88.5 Å². The maximum absolute atomic E-state index is 15.1. The monoisotopic (exact) mass is 528 g/mol. The molecule has 3 aromatic rings. The summed E-state index contributed by atoms with van der Waals surface area (Å²) in [7, 11) is 0. The van der Waals surface area contributed by atoms with Crippen molar-refractivity contribution in [1.29, 1.82) is 0 Å². The predicted octanol–water partition coefficient (Wildman–Crippen LogP) is 8.00. The summed E-state index contributed by atoms with van der Waals surface area (Å²) in [6.45, 7) is 2.41. The van der Waals surface area contributed by atoms with Gasteiger partial charge in [-0.2, -0.15) is 4.39 Å². The lowest BCUT2D eigenvalue weighted by Crippen LogP contribution is -2.25. The fourth-order valence-corrected chi connectivity index (χ4v) is 5.53. The maximum atomic E-state index is 15.1. The van der Waals surface area contributed by atoms with Gasteiger partial charge in [-0.25, -0.2) is 13.2 Å². The van der Waals surface area contributed by atoms with Crippen LogP contribution in [0.5, 0.6) is 5.75 Å². The minimum Gasteiger partial charge on any atom is -0.486 e. The van der Waals surface area contributed by atoms with Gasteiger partial charge in [-0.3, -0.25) is 0 Å². The third-order valence-electron chi connectivity index (χ3n) is 7.87. The maximum Gasteiger partial charge on any atom is 0.201 e. The van der Waals surface area contributed by atoms with Gasteiger partial charge < -0.3 is 14.6 Å². The Balaban J connectivity index is 1.23. The number of aliphatic hydroxyl groups excluding tert-OH is 1. The molecule has 1 heterocycles. The summed E-state index contributed by atoms with van der Waals surface area (Å²) < 4.78 is 69.3. The molecule has 38 heavy (non-hydrogen) atoms. The fraction of sp³-hybridized carbons (Fsp3) is 0.419. The normalized spacial score (nSPS) is 21.8. The summed E-state index contributed by atoms with van der Waals surface area (Å²) >= 11 is 0. The predicted molar refractivity (Wildman–Crippen MR) is 137 cm³/mol. The van der Waals surface area contributed by atoms with E-state index in [0.717, 1.165) is 38.5 Å². The lowest BCUT2D eigenvalue weighted by molar-refractivity contribution is 0.0727. The number of epoxide rings is 1. The third-order valence-corrected chi connectivity index (χ3v) is 7.87. The van der Waals surface area contributed by atoms with Crippen molar-refractivity contribution < 1.29 is 32.1 Å². The highest BCUT2D eigenvalue weighted by atomic mass is 19.2. The molecule has 1 aliphatic carbocycles. The van der Waals surface area contributed by atoms with E-state index in [-0.39, 0.29) is 41.4 Å². The third kappa shape index (κ3) is 5.59. The highest BCUT2D eigenvalue weighted by Crippen LogP contribution is 2.40. The molecule has 5 rings (SSSR count). The van der Waals surface area contributed by atoms with Crippen molar-refractivity contribution in [2.75, 3.05) is 6.61 Å². The topological polar surface area (TPSA) is 42.0 Å². The van der Waals surface area contributed by atoms with E-state index in [1.165, 1.54) is 12.1 Å². The molecule has 0 spiro atoms. The van der Waals surface area contributed by atoms with Crippen molar-refractivity contribution in [3.63, 3.8) is 0 Å². The highest BCUT2D eigenvalue weighted by molar-refractivity contribution is 5.65. The van der Waals surface area contributed by atoms with E-state index in [4.69, 9.17) is 9.47 Å². The Kier molecular flexibility index (Phi) is 8.05. The van der Waals surface area contributed by atoms with Gasteiger partial charge in [0.1, 0.15) is 12.7 Å². The zero-order chi connectivity index (χ0) is 26.8. The molecule has 1 N–H and O–H groups in total. The minimum atomic E-state index is -1.06. The largest absolute Gasteiger partial charge is 0.486 e. The Bertz CT molecular complexity index is 1270. The Morgan fingerprint density at radius 1 is 0.842 bits per heavy atom. The van der Waals surface area contributed by atoms with Crippen LogP contribution in [0.1, 0.15) is 74.2 Å². The number of hydrogen-bond donors (Lipinski definition) is 1. The van der Waals surface area contributed by atoms with Crippen LogP contribution in [-0.4, -0.2) is 17.8 Å². The first-order valence-electron chi connectivity index (χ1n) is 13.3. The first-order chi connectivity index (χ1) is 18.4. The molecule has 2 unspecified atom stereocenters. The van der Waals surface area contributed by atoms with Gasteiger partial charge in [0, 0.05) is 11.1 Å². The van der Waals surface area contributed by atoms with Gasteiger partial charge in [0.15, 0.2) is 23.2 Å². The van der Waals surface area contributed by atoms with E-state index in [1.807, 2.05) is 6.92 Å². The SMILES string of the molecule is CCCC(O)C1CCC(c2ccc(-c3ccc(COc4ccc(C5CO5)c(F)c4F)cc3)c(F)c2F)CC1. The molecule has 2 atom stereocenters. The van der Waals surface area contributed by atoms with Crippen molar-refractivity contribution in [2.24, 2.45) is 5.92 Å². The lowest BCUT2D eigenvalue weighted by Gasteiger charge is -2.32. The number of benzene rings is 3. The number of aliphatic hydroxyl groups is 1. The first kappa shape index (κ1) is 26.7. The second-order valence-electron chi connectivity index (χ2n) is 10.4. The van der Waals surface area contributed by atoms with E-state index >= 15 is 8.78 Å². The molecule has 0 aromatic heterocycles. The molecule has 2 aliphatic rings. The number of ether oxygens (including phenoxy) is 2. The van der Waals surface area contributed by atoms with Crippen LogP contribution in [0.15, 0.2) is 48.5 Å². The van der Waals surface area contributed by atoms with Crippen molar-refractivity contribution in [1.82, 2.24) is 0 Å². The highest BCUT2D eigenvalue weighted by Gasteiger charge is 2.31. The Hall–Kier alpha value is -2.90. The van der Waals surface area contributed by atoms with E-state index in [2.05, 4.69) is 0 Å². The van der Waals surface area contributed by atoms with Crippen LogP contribution in [0, 0.1) is 29.2 Å². The molecular formula is C31H32F4O3. The molecule has 202 valence electrons. The van der Waals surface area contributed by atoms with E-state index < -0.39 is 29.4 Å². The zero-order valence-electron chi connectivity index (χ0n) is 21.4. The van der Waals surface area contributed by atoms with Gasteiger partial charge in [-0.15, -0.1) is 0 Å². The summed E-state index contributed by atoms with van der Waals surface area (Å²) in [6.07, 6.45) is 4.08. The summed E-state index contributed by atoms with van der Waals surface area (Å²) in [5.41, 5.74) is 1.92. The molecule has 7 heteroatoms. The van der Waals surface area contributed by atoms with Gasteiger partial charge in [-0.1, -0.05) is 49.7 Å². The van der Waals surface area contributed by atoms with Crippen LogP contribution in [0.3, 0.4) is 0 Å². The Labute approximate surface area is 220 Å². The number of rotatable bonds is 9. The summed E-state index contributed by atoms with van der Waals surface area (Å²) in [4.78, 5) is 0. The van der Waals surface area contributed by atoms with Gasteiger partial charge in [0.25, 0.3) is 0 Å². The Morgan fingerprint density at radius 3 is 2.16 bits per heavy atom. The molecule has 1 aliphatic heterocycles. The van der Waals surface area contributed by atoms with Gasteiger partial charge in [0.2, 0.25) is 5.82 Å². The summed E-state index contributed by atoms with van der Waals surface area (Å²) in [5.74, 6) is -3.75. The fourth-order valence-electron chi connectivity index (χ4n) is 5.53. The van der Waals surface area contributed by atoms with Crippen LogP contribution in [0.4, 0.5) is 17.6 Å². The summed E-state index contributed by atoms with van der Waals surface area (Å²) in [6, 6.07) is 12.8. The van der Waals surface area contributed by atoms with E-state index in [0.29, 0.717) is 23.3 Å². The van der Waals surface area contributed by atoms with Crippen LogP contribution in [0.25, 0.3) is 11.1 Å². The number of halogens is 4. The van der Waals surface area contributed by atoms with Crippen molar-refractivity contribution in [3.8, 4) is 16.9 Å². The minimum absolute atomic E-state index is 0.0126. The summed E-state index contributed by atoms with van der Waals surface area (Å²) in [5, 5.41) is 10.3. The Morgan fingerprint density at radius 2 is 1.50 bits per heavy atom. The van der Waals surface area contributed by atoms with Gasteiger partial charge in [-0.05, 0) is 72.8 Å². The van der Waals surface area contributed by atoms with E-state index in [1.54, 1.807) is 36.4 Å². The molecule has 3 nitrogen and oxygen atoms in total. The molecule has 1 saturated heterocycles. The molecule has 3 aromatic carbocycles. The van der Waals surface area contributed by atoms with E-state index in [9.17, 15) is 13.9 Å². The second-order valence-corrected chi connectivity index (χ2v) is 10.4. The standard InChI is InChI=1S/C31H32F4O3/c1-2-3-25(36)21-10-8-20(9-11-21)23-13-12-22(28(32)29(23)33)19-6-4-18(5-7-19)16-37-26-15-14-24(27-17-38-27)30(34)31(26)35/h4-7,12-15,20-21,25,27,36H,2-3,8-11,16-17H2,1H3. The molecule has 0 radical (unpaired) electrons. The molecular weight excluding hydrogens is 496 g/mol. The smallest absolute Gasteiger partial charge is 0.201 e. The van der Waals surface area contributed by atoms with Crippen molar-refractivity contribution >= 4 is 0 Å². The molecule has 1 saturated carbocycles. The van der Waals surface area contributed by atoms with Gasteiger partial charge >= 0.3 is 0 Å². The zero-order valence-corrected chi connectivity index (χ0v) is 21.4.